The highest BCUT2D eigenvalue weighted by molar-refractivity contribution is 5.68. The lowest BCUT2D eigenvalue weighted by atomic mass is 10.3. The summed E-state index contributed by atoms with van der Waals surface area (Å²) in [5.41, 5.74) is 3.17. The molecule has 0 saturated carbocycles. The van der Waals surface area contributed by atoms with Crippen molar-refractivity contribution in [2.75, 3.05) is 5.32 Å². The van der Waals surface area contributed by atoms with Crippen LogP contribution in [0.15, 0.2) is 48.7 Å². The molecule has 0 saturated heterocycles. The fourth-order valence-corrected chi connectivity index (χ4v) is 2.40. The number of aromatic nitrogens is 3. The maximum Gasteiger partial charge on any atom is 0.311 e. The highest BCUT2D eigenvalue weighted by Gasteiger charge is 2.19. The van der Waals surface area contributed by atoms with E-state index in [1.807, 2.05) is 44.2 Å². The van der Waals surface area contributed by atoms with Crippen molar-refractivity contribution in [2.24, 2.45) is 0 Å². The number of anilines is 2. The third kappa shape index (κ3) is 2.76. The number of nitrogens with one attached hydrogen (secondary N) is 1. The van der Waals surface area contributed by atoms with Crippen molar-refractivity contribution in [3.63, 3.8) is 0 Å². The Morgan fingerprint density at radius 3 is 2.57 bits per heavy atom. The van der Waals surface area contributed by atoms with Crippen LogP contribution in [0, 0.1) is 24.0 Å². The van der Waals surface area contributed by atoms with Gasteiger partial charge in [-0.15, -0.1) is 0 Å². The van der Waals surface area contributed by atoms with E-state index in [-0.39, 0.29) is 11.5 Å². The number of rotatable bonds is 4. The first-order valence-corrected chi connectivity index (χ1v) is 7.06. The lowest BCUT2D eigenvalue weighted by Gasteiger charge is -2.07. The molecular formula is C16H15N5O2. The van der Waals surface area contributed by atoms with Crippen LogP contribution < -0.4 is 5.32 Å². The van der Waals surface area contributed by atoms with Crippen molar-refractivity contribution in [3.05, 3.63) is 70.2 Å². The second kappa shape index (κ2) is 5.88. The van der Waals surface area contributed by atoms with Crippen molar-refractivity contribution in [1.29, 1.82) is 0 Å². The van der Waals surface area contributed by atoms with Gasteiger partial charge < -0.3 is 5.32 Å². The second-order valence-electron chi connectivity index (χ2n) is 5.05. The molecule has 3 rings (SSSR count). The smallest absolute Gasteiger partial charge is 0.311 e. The van der Waals surface area contributed by atoms with Crippen LogP contribution in [0.3, 0.4) is 0 Å². The Morgan fingerprint density at radius 1 is 1.13 bits per heavy atom. The molecule has 0 radical (unpaired) electrons. The zero-order valence-electron chi connectivity index (χ0n) is 12.7. The molecule has 116 valence electrons. The van der Waals surface area contributed by atoms with Gasteiger partial charge in [0.1, 0.15) is 0 Å². The number of hydrogen-bond acceptors (Lipinski definition) is 5. The Labute approximate surface area is 132 Å². The van der Waals surface area contributed by atoms with Crippen molar-refractivity contribution in [1.82, 2.24) is 14.8 Å². The monoisotopic (exact) mass is 309 g/mol. The normalized spacial score (nSPS) is 10.5. The quantitative estimate of drug-likeness (QED) is 0.588. The Hall–Kier alpha value is -3.22. The first-order valence-electron chi connectivity index (χ1n) is 7.06. The topological polar surface area (TPSA) is 85.9 Å². The fourth-order valence-electron chi connectivity index (χ4n) is 2.40. The van der Waals surface area contributed by atoms with Crippen molar-refractivity contribution in [2.45, 2.75) is 13.8 Å². The lowest BCUT2D eigenvalue weighted by molar-refractivity contribution is -0.384. The summed E-state index contributed by atoms with van der Waals surface area (Å²) in [7, 11) is 0. The van der Waals surface area contributed by atoms with Gasteiger partial charge in [-0.3, -0.25) is 10.1 Å². The van der Waals surface area contributed by atoms with Crippen LogP contribution in [0.1, 0.15) is 11.4 Å². The molecule has 0 unspecified atom stereocenters. The molecule has 2 heterocycles. The van der Waals surface area contributed by atoms with Gasteiger partial charge in [0.15, 0.2) is 0 Å². The number of nitro groups is 1. The minimum Gasteiger partial charge on any atom is -0.331 e. The van der Waals surface area contributed by atoms with Gasteiger partial charge in [-0.1, -0.05) is 18.2 Å². The van der Waals surface area contributed by atoms with Gasteiger partial charge in [0.05, 0.1) is 27.7 Å². The molecule has 0 bridgehead atoms. The predicted molar refractivity (Wildman–Crippen MR) is 87.2 cm³/mol. The Morgan fingerprint density at radius 2 is 1.87 bits per heavy atom. The predicted octanol–water partition coefficient (Wildman–Crippen LogP) is 3.54. The van der Waals surface area contributed by atoms with Gasteiger partial charge in [0.2, 0.25) is 5.82 Å². The molecule has 1 aromatic carbocycles. The zero-order valence-corrected chi connectivity index (χ0v) is 12.7. The molecule has 1 N–H and O–H groups in total. The minimum atomic E-state index is -0.457. The lowest BCUT2D eigenvalue weighted by Crippen LogP contribution is -2.02. The summed E-state index contributed by atoms with van der Waals surface area (Å²) in [6, 6.07) is 12.7. The van der Waals surface area contributed by atoms with Crippen molar-refractivity contribution >= 4 is 17.2 Å². The summed E-state index contributed by atoms with van der Waals surface area (Å²) >= 11 is 0. The third-order valence-corrected chi connectivity index (χ3v) is 3.52. The summed E-state index contributed by atoms with van der Waals surface area (Å²) in [4.78, 5) is 14.7. The molecule has 0 aliphatic carbocycles. The SMILES string of the molecule is Cc1nn(-c2ccccc2)c(C)c1Nc1ncccc1[N+](=O)[O-]. The number of benzene rings is 1. The first-order chi connectivity index (χ1) is 11.1. The maximum absolute atomic E-state index is 11.1. The number of aryl methyl sites for hydroxylation is 1. The minimum absolute atomic E-state index is 0.0706. The number of nitrogens with zero attached hydrogens (tertiary/aromatic N) is 4. The zero-order chi connectivity index (χ0) is 16.4. The molecule has 0 aliphatic heterocycles. The molecule has 3 aromatic rings. The Bertz CT molecular complexity index is 858. The van der Waals surface area contributed by atoms with E-state index in [2.05, 4.69) is 15.4 Å². The van der Waals surface area contributed by atoms with Crippen LogP contribution in [-0.2, 0) is 0 Å². The van der Waals surface area contributed by atoms with Crippen LogP contribution in [0.4, 0.5) is 17.2 Å². The second-order valence-corrected chi connectivity index (χ2v) is 5.05. The Balaban J connectivity index is 2.03. The summed E-state index contributed by atoms with van der Waals surface area (Å²) in [5, 5.41) is 18.7. The number of hydrogen-bond donors (Lipinski definition) is 1. The van der Waals surface area contributed by atoms with Crippen molar-refractivity contribution < 1.29 is 4.92 Å². The van der Waals surface area contributed by atoms with Gasteiger partial charge in [0.25, 0.3) is 0 Å². The molecule has 7 heteroatoms. The van der Waals surface area contributed by atoms with Crippen LogP contribution in [0.25, 0.3) is 5.69 Å². The van der Waals surface area contributed by atoms with E-state index in [0.717, 1.165) is 22.8 Å². The van der Waals surface area contributed by atoms with Gasteiger partial charge >= 0.3 is 5.69 Å². The van der Waals surface area contributed by atoms with E-state index in [1.54, 1.807) is 4.68 Å². The molecule has 0 amide bonds. The highest BCUT2D eigenvalue weighted by atomic mass is 16.6. The molecule has 0 spiro atoms. The van der Waals surface area contributed by atoms with Gasteiger partial charge in [-0.25, -0.2) is 9.67 Å². The molecule has 7 nitrogen and oxygen atoms in total. The van der Waals surface area contributed by atoms with E-state index in [0.29, 0.717) is 0 Å². The number of pyridine rings is 1. The van der Waals surface area contributed by atoms with E-state index in [4.69, 9.17) is 0 Å². The molecule has 0 aliphatic rings. The summed E-state index contributed by atoms with van der Waals surface area (Å²) in [6.45, 7) is 3.76. The molecular weight excluding hydrogens is 294 g/mol. The average Bonchev–Trinajstić information content (AvgIpc) is 2.84. The maximum atomic E-state index is 11.1. The van der Waals surface area contributed by atoms with Crippen LogP contribution in [0.2, 0.25) is 0 Å². The molecule has 0 fully saturated rings. The highest BCUT2D eigenvalue weighted by Crippen LogP contribution is 2.29. The summed E-state index contributed by atoms with van der Waals surface area (Å²) in [6.07, 6.45) is 1.52. The van der Waals surface area contributed by atoms with Gasteiger partial charge in [-0.2, -0.15) is 5.10 Å². The van der Waals surface area contributed by atoms with E-state index < -0.39 is 4.92 Å². The summed E-state index contributed by atoms with van der Waals surface area (Å²) in [5.74, 6) is 0.205. The van der Waals surface area contributed by atoms with E-state index in [1.165, 1.54) is 18.3 Å². The van der Waals surface area contributed by atoms with Gasteiger partial charge in [-0.05, 0) is 32.0 Å². The van der Waals surface area contributed by atoms with Gasteiger partial charge in [0, 0.05) is 12.3 Å². The van der Waals surface area contributed by atoms with E-state index in [9.17, 15) is 10.1 Å². The third-order valence-electron chi connectivity index (χ3n) is 3.52. The molecule has 2 aromatic heterocycles. The average molecular weight is 309 g/mol. The standard InChI is InChI=1S/C16H15N5O2/c1-11-15(18-16-14(21(22)23)9-6-10-17-16)12(2)20(19-11)13-7-4-3-5-8-13/h3-10H,1-2H3,(H,17,18). The van der Waals surface area contributed by atoms with Crippen LogP contribution >= 0.6 is 0 Å². The fraction of sp³-hybridized carbons (Fsp3) is 0.125. The number of para-hydroxylation sites is 1. The Kier molecular flexibility index (Phi) is 3.76. The molecule has 0 atom stereocenters. The van der Waals surface area contributed by atoms with Crippen LogP contribution in [0.5, 0.6) is 0 Å². The van der Waals surface area contributed by atoms with Crippen molar-refractivity contribution in [3.8, 4) is 5.69 Å². The largest absolute Gasteiger partial charge is 0.331 e. The first kappa shape index (κ1) is 14.7. The molecule has 23 heavy (non-hydrogen) atoms. The van der Waals surface area contributed by atoms with Crippen LogP contribution in [-0.4, -0.2) is 19.7 Å². The summed E-state index contributed by atoms with van der Waals surface area (Å²) < 4.78 is 1.80. The van der Waals surface area contributed by atoms with E-state index >= 15 is 0 Å².